The first kappa shape index (κ1) is 25.2. The number of methoxy groups -OCH3 is 1. The molecule has 6 nitrogen and oxygen atoms in total. The number of hydrogen-bond acceptors (Lipinski definition) is 6. The molecule has 2 atom stereocenters. The van der Waals surface area contributed by atoms with Gasteiger partial charge in [0.2, 0.25) is 0 Å². The Balaban J connectivity index is 1.83. The molecule has 1 aliphatic rings. The molecule has 0 bridgehead atoms. The summed E-state index contributed by atoms with van der Waals surface area (Å²) in [4.78, 5) is 13.4. The zero-order valence-corrected chi connectivity index (χ0v) is 17.6. The number of carbonyl (C=O) groups excluding carboxylic acids is 1. The number of halogens is 6. The third-order valence-corrected chi connectivity index (χ3v) is 5.16. The second kappa shape index (κ2) is 9.80. The fourth-order valence-electron chi connectivity index (χ4n) is 3.63. The fourth-order valence-corrected chi connectivity index (χ4v) is 3.63. The summed E-state index contributed by atoms with van der Waals surface area (Å²) < 4.78 is 90.5. The van der Waals surface area contributed by atoms with E-state index in [9.17, 15) is 36.4 Å². The van der Waals surface area contributed by atoms with E-state index in [1.54, 1.807) is 0 Å². The minimum atomic E-state index is -4.87. The lowest BCUT2D eigenvalue weighted by atomic mass is 10.1. The molecule has 2 aromatic carbocycles. The molecule has 0 N–H and O–H groups in total. The monoisotopic (exact) mass is 488 g/mol. The Morgan fingerprint density at radius 2 is 1.79 bits per heavy atom. The smallest absolute Gasteiger partial charge is 0.489 e. The molecule has 0 aromatic heterocycles. The van der Waals surface area contributed by atoms with Crippen LogP contribution in [-0.4, -0.2) is 44.7 Å². The maximum atomic E-state index is 12.8. The lowest BCUT2D eigenvalue weighted by Gasteiger charge is -2.27. The van der Waals surface area contributed by atoms with E-state index in [1.165, 1.54) is 23.1 Å². The molecule has 0 aliphatic carbocycles. The van der Waals surface area contributed by atoms with Gasteiger partial charge in [-0.05, 0) is 42.5 Å². The Kier molecular flexibility index (Phi) is 7.26. The van der Waals surface area contributed by atoms with Gasteiger partial charge in [-0.2, -0.15) is 18.4 Å². The third kappa shape index (κ3) is 6.11. The van der Waals surface area contributed by atoms with Crippen LogP contribution in [0.5, 0.6) is 5.75 Å². The quantitative estimate of drug-likeness (QED) is 0.425. The minimum Gasteiger partial charge on any atom is -0.489 e. The Bertz CT molecular complexity index is 1060. The van der Waals surface area contributed by atoms with Gasteiger partial charge >= 0.3 is 18.5 Å². The van der Waals surface area contributed by atoms with Crippen LogP contribution in [0.1, 0.15) is 27.9 Å². The normalized spacial score (nSPS) is 18.5. The molecule has 0 radical (unpaired) electrons. The van der Waals surface area contributed by atoms with Gasteiger partial charge in [-0.1, -0.05) is 0 Å². The summed E-state index contributed by atoms with van der Waals surface area (Å²) >= 11 is 0. The van der Waals surface area contributed by atoms with Gasteiger partial charge in [0, 0.05) is 12.1 Å². The molecule has 182 valence electrons. The summed E-state index contributed by atoms with van der Waals surface area (Å²) in [5.74, 6) is -0.626. The predicted octanol–water partition coefficient (Wildman–Crippen LogP) is 4.93. The summed E-state index contributed by atoms with van der Waals surface area (Å²) in [7, 11) is 1.14. The Hall–Kier alpha value is -3.46. The zero-order valence-electron chi connectivity index (χ0n) is 17.6. The van der Waals surface area contributed by atoms with Gasteiger partial charge in [-0.15, -0.1) is 13.2 Å². The third-order valence-electron chi connectivity index (χ3n) is 5.16. The zero-order chi connectivity index (χ0) is 25.1. The SMILES string of the molecule is COC(=O)c1ccc(N2C[C@@H](Oc3ccc(C(F)(F)F)cc3)C[C@H]2COC(F)(F)F)cc1C#N. The van der Waals surface area contributed by atoms with Crippen molar-refractivity contribution in [2.24, 2.45) is 0 Å². The maximum Gasteiger partial charge on any atom is 0.522 e. The molecule has 2 aromatic rings. The van der Waals surface area contributed by atoms with E-state index in [-0.39, 0.29) is 29.8 Å². The second-order valence-electron chi connectivity index (χ2n) is 7.39. The number of hydrogen-bond donors (Lipinski definition) is 0. The van der Waals surface area contributed by atoms with E-state index in [0.717, 1.165) is 31.4 Å². The average Bonchev–Trinajstić information content (AvgIpc) is 3.18. The molecule has 0 saturated carbocycles. The first-order valence-corrected chi connectivity index (χ1v) is 9.85. The van der Waals surface area contributed by atoms with Crippen LogP contribution in [0.25, 0.3) is 0 Å². The van der Waals surface area contributed by atoms with Crippen molar-refractivity contribution < 1.29 is 45.3 Å². The standard InChI is InChI=1S/C22H18F6N2O4/c1-32-20(31)19-7-4-15(8-13(19)10-29)30-11-18(9-16(30)12-33-22(26,27)28)34-17-5-2-14(3-6-17)21(23,24)25/h2-8,16,18H,9,11-12H2,1H3/t16-,18-/m0/s1. The Labute approximate surface area is 190 Å². The van der Waals surface area contributed by atoms with Gasteiger partial charge in [0.1, 0.15) is 17.9 Å². The number of esters is 1. The summed E-state index contributed by atoms with van der Waals surface area (Å²) in [6.07, 6.45) is -10.00. The van der Waals surface area contributed by atoms with Gasteiger partial charge in [0.15, 0.2) is 0 Å². The first-order valence-electron chi connectivity index (χ1n) is 9.85. The van der Waals surface area contributed by atoms with E-state index in [0.29, 0.717) is 5.69 Å². The Morgan fingerprint density at radius 3 is 2.35 bits per heavy atom. The number of nitrogens with zero attached hydrogens (tertiary/aromatic N) is 2. The van der Waals surface area contributed by atoms with Gasteiger partial charge in [0.25, 0.3) is 0 Å². The topological polar surface area (TPSA) is 71.8 Å². The number of rotatable bonds is 6. The minimum absolute atomic E-state index is 0.00593. The highest BCUT2D eigenvalue weighted by atomic mass is 19.4. The van der Waals surface area contributed by atoms with Crippen LogP contribution < -0.4 is 9.64 Å². The van der Waals surface area contributed by atoms with Crippen LogP contribution in [-0.2, 0) is 15.7 Å². The van der Waals surface area contributed by atoms with Crippen LogP contribution in [0.3, 0.4) is 0 Å². The number of anilines is 1. The van der Waals surface area contributed by atoms with Crippen molar-refractivity contribution in [1.29, 1.82) is 5.26 Å². The van der Waals surface area contributed by atoms with Crippen LogP contribution in [0.2, 0.25) is 0 Å². The largest absolute Gasteiger partial charge is 0.522 e. The first-order chi connectivity index (χ1) is 15.9. The predicted molar refractivity (Wildman–Crippen MR) is 106 cm³/mol. The molecule has 1 saturated heterocycles. The van der Waals surface area contributed by atoms with Gasteiger partial charge in [0.05, 0.1) is 43.0 Å². The molecule has 3 rings (SSSR count). The maximum absolute atomic E-state index is 12.8. The summed E-state index contributed by atoms with van der Waals surface area (Å²) in [5, 5.41) is 9.38. The van der Waals surface area contributed by atoms with Gasteiger partial charge < -0.3 is 14.4 Å². The Morgan fingerprint density at radius 1 is 1.12 bits per heavy atom. The molecule has 0 unspecified atom stereocenters. The molecule has 1 aliphatic heterocycles. The van der Waals surface area contributed by atoms with Gasteiger partial charge in [-0.25, -0.2) is 4.79 Å². The van der Waals surface area contributed by atoms with Crippen LogP contribution >= 0.6 is 0 Å². The van der Waals surface area contributed by atoms with Crippen molar-refractivity contribution in [2.45, 2.75) is 31.1 Å². The van der Waals surface area contributed by atoms with Gasteiger partial charge in [-0.3, -0.25) is 4.74 Å². The molecule has 0 spiro atoms. The van der Waals surface area contributed by atoms with Crippen molar-refractivity contribution in [2.75, 3.05) is 25.2 Å². The lowest BCUT2D eigenvalue weighted by Crippen LogP contribution is -2.35. The molecule has 12 heteroatoms. The molecule has 34 heavy (non-hydrogen) atoms. The highest BCUT2D eigenvalue weighted by molar-refractivity contribution is 5.92. The van der Waals surface area contributed by atoms with E-state index >= 15 is 0 Å². The summed E-state index contributed by atoms with van der Waals surface area (Å²) in [5.41, 5.74) is -0.557. The van der Waals surface area contributed by atoms with Crippen molar-refractivity contribution in [3.05, 3.63) is 59.2 Å². The summed E-state index contributed by atoms with van der Waals surface area (Å²) in [6.45, 7) is -0.674. The molecule has 0 amide bonds. The molecule has 1 fully saturated rings. The molecular formula is C22H18F6N2O4. The highest BCUT2D eigenvalue weighted by Crippen LogP contribution is 2.33. The number of alkyl halides is 6. The van der Waals surface area contributed by atoms with Crippen LogP contribution in [0.4, 0.5) is 32.0 Å². The van der Waals surface area contributed by atoms with Crippen molar-refractivity contribution in [1.82, 2.24) is 0 Å². The average molecular weight is 488 g/mol. The fraction of sp³-hybridized carbons (Fsp3) is 0.364. The van der Waals surface area contributed by atoms with Crippen molar-refractivity contribution in [3.8, 4) is 11.8 Å². The second-order valence-corrected chi connectivity index (χ2v) is 7.39. The highest BCUT2D eigenvalue weighted by Gasteiger charge is 2.38. The van der Waals surface area contributed by atoms with Crippen molar-refractivity contribution in [3.63, 3.8) is 0 Å². The van der Waals surface area contributed by atoms with E-state index < -0.39 is 42.8 Å². The van der Waals surface area contributed by atoms with Crippen molar-refractivity contribution >= 4 is 11.7 Å². The number of nitriles is 1. The van der Waals surface area contributed by atoms with E-state index in [2.05, 4.69) is 9.47 Å². The number of benzene rings is 2. The van der Waals surface area contributed by atoms with E-state index in [1.807, 2.05) is 6.07 Å². The van der Waals surface area contributed by atoms with Crippen LogP contribution in [0.15, 0.2) is 42.5 Å². The molecular weight excluding hydrogens is 470 g/mol. The number of carbonyl (C=O) groups is 1. The molecule has 1 heterocycles. The van der Waals surface area contributed by atoms with Crippen LogP contribution in [0, 0.1) is 11.3 Å². The number of ether oxygens (including phenoxy) is 3. The lowest BCUT2D eigenvalue weighted by molar-refractivity contribution is -0.325. The summed E-state index contributed by atoms with van der Waals surface area (Å²) in [6, 6.07) is 9.10. The van der Waals surface area contributed by atoms with E-state index in [4.69, 9.17) is 4.74 Å².